The molecule has 0 aromatic heterocycles. The number of hydrogen-bond acceptors (Lipinski definition) is 5. The number of esters is 1. The molecule has 2 aliphatic heterocycles. The summed E-state index contributed by atoms with van der Waals surface area (Å²) in [5, 5.41) is 0.414. The molecule has 0 radical (unpaired) electrons. The Labute approximate surface area is 319 Å². The topological polar surface area (TPSA) is 54.0 Å². The maximum atomic E-state index is 13.5. The summed E-state index contributed by atoms with van der Waals surface area (Å²) < 4.78 is 28.9. The Balaban J connectivity index is 2.08. The molecule has 0 fully saturated rings. The Bertz CT molecular complexity index is 1420. The first-order valence-electron chi connectivity index (χ1n) is 8.91. The monoisotopic (exact) mass is 1410 g/mol. The Morgan fingerprint density at radius 3 is 1.91 bits per heavy atom. The average molecular weight is 1410 g/mol. The summed E-state index contributed by atoms with van der Waals surface area (Å²) in [7, 11) is 0. The van der Waals surface area contributed by atoms with Gasteiger partial charge in [-0.25, -0.2) is 4.79 Å². The lowest BCUT2D eigenvalue weighted by molar-refractivity contribution is 0.0218. The molecule has 0 N–H and O–H groups in total. The van der Waals surface area contributed by atoms with Gasteiger partial charge in [0.2, 0.25) is 0 Å². The van der Waals surface area contributed by atoms with Gasteiger partial charge in [0.1, 0.15) is 12.2 Å². The van der Waals surface area contributed by atoms with Crippen LogP contribution in [0, 0.1) is 21.4 Å². The third kappa shape index (κ3) is 4.26. The van der Waals surface area contributed by atoms with Crippen molar-refractivity contribution in [2.45, 2.75) is 5.60 Å². The molecular weight excluding hydrogens is 1410 g/mol. The highest BCUT2D eigenvalue weighted by Crippen LogP contribution is 2.65. The molecule has 1 unspecified atom stereocenters. The molecule has 1 atom stereocenters. The molecule has 0 saturated carbocycles. The Morgan fingerprint density at radius 2 is 1.29 bits per heavy atom. The van der Waals surface area contributed by atoms with Crippen LogP contribution in [-0.2, 0) is 10.3 Å². The maximum absolute atomic E-state index is 13.5. The van der Waals surface area contributed by atoms with E-state index >= 15 is 0 Å². The number of carbonyl (C=O) groups is 1. The third-order valence-electron chi connectivity index (χ3n) is 5.44. The molecule has 2 aliphatic rings. The van der Waals surface area contributed by atoms with Gasteiger partial charge in [0.25, 0.3) is 0 Å². The van der Waals surface area contributed by atoms with E-state index in [4.69, 9.17) is 38.8 Å². The van der Waals surface area contributed by atoms with E-state index in [0.29, 0.717) is 48.8 Å². The van der Waals surface area contributed by atoms with Crippen LogP contribution in [-0.4, -0.2) is 5.97 Å². The Hall–Kier alpha value is 2.95. The second-order valence-electron chi connectivity index (χ2n) is 7.06. The van der Waals surface area contributed by atoms with E-state index in [-0.39, 0.29) is 10.0 Å². The first kappa shape index (κ1) is 29.4. The van der Waals surface area contributed by atoms with Crippen molar-refractivity contribution >= 4 is 211 Å². The summed E-state index contributed by atoms with van der Waals surface area (Å²) in [6.45, 7) is 0. The Kier molecular flexibility index (Phi) is 9.24. The zero-order chi connectivity index (χ0) is 25.6. The summed E-state index contributed by atoms with van der Waals surface area (Å²) in [4.78, 5) is 13.5. The van der Waals surface area contributed by atoms with Crippen molar-refractivity contribution < 1.29 is 20.4 Å². The molecule has 5 rings (SSSR count). The van der Waals surface area contributed by atoms with Crippen LogP contribution in [0.4, 0.5) is 0 Å². The number of hydrogen-bond donors (Lipinski definition) is 0. The summed E-state index contributed by atoms with van der Waals surface area (Å²) in [6, 6.07) is 3.87. The lowest BCUT2D eigenvalue weighted by Gasteiger charge is -2.39. The molecule has 0 aliphatic carbocycles. The van der Waals surface area contributed by atoms with Crippen molar-refractivity contribution in [1.29, 1.82) is 0 Å². The van der Waals surface area contributed by atoms with E-state index in [2.05, 4.69) is 136 Å². The molecule has 2 heterocycles. The highest BCUT2D eigenvalue weighted by molar-refractivity contribution is 14.1. The molecule has 1 spiro atoms. The summed E-state index contributed by atoms with van der Waals surface area (Å²) in [6.07, 6.45) is 0. The van der Waals surface area contributed by atoms with Gasteiger partial charge >= 0.3 is 5.97 Å². The van der Waals surface area contributed by atoms with Crippen molar-refractivity contribution in [3.8, 4) is 23.0 Å². The molecule has 35 heavy (non-hydrogen) atoms. The van der Waals surface area contributed by atoms with Crippen molar-refractivity contribution in [1.82, 2.24) is 0 Å². The zero-order valence-corrected chi connectivity index (χ0v) is 34.7. The number of carbonyl (C=O) groups excluding carboxylic acids is 1. The lowest BCUT2D eigenvalue weighted by atomic mass is 9.77. The molecule has 0 amide bonds. The minimum absolute atomic E-state index is 0.199. The van der Waals surface area contributed by atoms with E-state index in [1.165, 1.54) is 0 Å². The number of benzene rings is 3. The van der Waals surface area contributed by atoms with Crippen LogP contribution in [0.2, 0.25) is 10.0 Å². The van der Waals surface area contributed by atoms with Gasteiger partial charge in [-0.2, -0.15) is 0 Å². The normalized spacial score (nSPS) is 17.5. The van der Waals surface area contributed by atoms with Crippen molar-refractivity contribution in [3.63, 3.8) is 0 Å². The number of halogens is 10. The second-order valence-corrected chi connectivity index (χ2v) is 15.3. The first-order valence-corrected chi connectivity index (χ1v) is 17.9. The maximum Gasteiger partial charge on any atom is 0.341 e. The van der Waals surface area contributed by atoms with Gasteiger partial charge in [0, 0.05) is 16.3 Å². The molecule has 182 valence electrons. The standard InChI is InChI=1S/C20H2Cl2I8O5/c21-9-7-15(13(27)17(34-29)10(9)22)32-16-8(11(25)12(26)18(35-30)14(16)28)20(7)6-4(24)2-1-3(23)5(6)19(31)33-20/h1-2H. The zero-order valence-electron chi connectivity index (χ0n) is 16.0. The van der Waals surface area contributed by atoms with Gasteiger partial charge in [-0.15, -0.1) is 0 Å². The minimum Gasteiger partial charge on any atom is -0.454 e. The van der Waals surface area contributed by atoms with Crippen LogP contribution >= 0.6 is 205 Å². The van der Waals surface area contributed by atoms with Gasteiger partial charge in [-0.05, 0) is 148 Å². The van der Waals surface area contributed by atoms with Gasteiger partial charge in [-0.1, -0.05) is 23.2 Å². The van der Waals surface area contributed by atoms with Gasteiger partial charge in [0.05, 0.1) is 25.3 Å². The second kappa shape index (κ2) is 11.0. The molecule has 3 aromatic carbocycles. The van der Waals surface area contributed by atoms with Crippen molar-refractivity contribution in [3.05, 3.63) is 65.9 Å². The number of ether oxygens (including phenoxy) is 2. The first-order chi connectivity index (χ1) is 16.5. The smallest absolute Gasteiger partial charge is 0.341 e. The molecule has 0 saturated heterocycles. The molecule has 5 nitrogen and oxygen atoms in total. The fourth-order valence-corrected chi connectivity index (χ4v) is 12.1. The van der Waals surface area contributed by atoms with Crippen LogP contribution in [0.15, 0.2) is 12.1 Å². The van der Waals surface area contributed by atoms with E-state index in [0.717, 1.165) is 17.9 Å². The summed E-state index contributed by atoms with van der Waals surface area (Å²) in [5.41, 5.74) is 0.976. The predicted molar refractivity (Wildman–Crippen MR) is 200 cm³/mol. The number of fused-ring (bicyclic) bond motifs is 6. The Morgan fingerprint density at radius 1 is 0.714 bits per heavy atom. The average Bonchev–Trinajstić information content (AvgIpc) is 3.12. The SMILES string of the molecule is O=C1OC2(c3c(Cl)c(Cl)c(OI)c(I)c3Oc3c(I)c(OI)c(I)c(I)c32)c2c(I)ccc(I)c21. The van der Waals surface area contributed by atoms with Crippen molar-refractivity contribution in [2.75, 3.05) is 0 Å². The molecule has 15 heteroatoms. The summed E-state index contributed by atoms with van der Waals surface area (Å²) >= 11 is 30.5. The quantitative estimate of drug-likeness (QED) is 0.145. The highest BCUT2D eigenvalue weighted by Gasteiger charge is 2.59. The van der Waals surface area contributed by atoms with Crippen LogP contribution < -0.4 is 10.9 Å². The number of rotatable bonds is 2. The summed E-state index contributed by atoms with van der Waals surface area (Å²) in [5.74, 6) is 1.55. The van der Waals surface area contributed by atoms with Gasteiger partial charge in [0.15, 0.2) is 74.6 Å². The van der Waals surface area contributed by atoms with Crippen LogP contribution in [0.1, 0.15) is 27.0 Å². The fraction of sp³-hybridized carbons (Fsp3) is 0.0500. The van der Waals surface area contributed by atoms with Gasteiger partial charge < -0.3 is 15.6 Å². The third-order valence-corrected chi connectivity index (χ3v) is 14.1. The molecular formula is C20H2Cl2I8O5. The van der Waals surface area contributed by atoms with E-state index in [1.54, 1.807) is 23.0 Å². The lowest BCUT2D eigenvalue weighted by Crippen LogP contribution is -2.36. The predicted octanol–water partition coefficient (Wildman–Crippen LogP) is 10.6. The van der Waals surface area contributed by atoms with E-state index < -0.39 is 11.6 Å². The van der Waals surface area contributed by atoms with Crippen molar-refractivity contribution in [2.24, 2.45) is 0 Å². The largest absolute Gasteiger partial charge is 0.454 e. The fourth-order valence-electron chi connectivity index (χ4n) is 4.11. The van der Waals surface area contributed by atoms with E-state index in [1.807, 2.05) is 35.1 Å². The van der Waals surface area contributed by atoms with Crippen LogP contribution in [0.25, 0.3) is 0 Å². The highest BCUT2D eigenvalue weighted by atomic mass is 127. The minimum atomic E-state index is -1.39. The van der Waals surface area contributed by atoms with Crippen LogP contribution in [0.5, 0.6) is 23.0 Å². The molecule has 3 aromatic rings. The van der Waals surface area contributed by atoms with E-state index in [9.17, 15) is 4.79 Å². The van der Waals surface area contributed by atoms with Crippen LogP contribution in [0.3, 0.4) is 0 Å². The van der Waals surface area contributed by atoms with Gasteiger partial charge in [-0.3, -0.25) is 0 Å². The molecule has 0 bridgehead atoms.